The standard InChI is InChI=1S/C25H22F3N9O3/c1-14(22(38)34-19-11-29-10-17(33-19)15-6-7-18(31-9-15)25(26,27)28)37-13-32-21-20(37)23(39)36(24(40)35(21)2)12-16-5-3-4-8-30-16/h3-9,11,13-14,29H,10,12H2,1-2H3,(H,34,38)/t14-/m0/s1. The van der Waals surface area contributed by atoms with Crippen LogP contribution in [0.25, 0.3) is 11.2 Å². The van der Waals surface area contributed by atoms with Gasteiger partial charge in [-0.2, -0.15) is 13.2 Å². The summed E-state index contributed by atoms with van der Waals surface area (Å²) < 4.78 is 42.1. The maximum Gasteiger partial charge on any atom is 0.433 e. The molecule has 0 saturated heterocycles. The molecule has 1 amide bonds. The van der Waals surface area contributed by atoms with Gasteiger partial charge >= 0.3 is 11.9 Å². The zero-order valence-electron chi connectivity index (χ0n) is 21.2. The molecule has 0 bridgehead atoms. The maximum absolute atomic E-state index is 13.4. The van der Waals surface area contributed by atoms with Gasteiger partial charge in [0.2, 0.25) is 5.91 Å². The monoisotopic (exact) mass is 553 g/mol. The van der Waals surface area contributed by atoms with Crippen LogP contribution in [0.2, 0.25) is 0 Å². The van der Waals surface area contributed by atoms with Crippen LogP contribution < -0.4 is 21.9 Å². The van der Waals surface area contributed by atoms with Crippen LogP contribution in [0, 0.1) is 0 Å². The molecular formula is C25H22F3N9O3. The summed E-state index contributed by atoms with van der Waals surface area (Å²) in [6, 6.07) is 6.30. The highest BCUT2D eigenvalue weighted by molar-refractivity contribution is 6.03. The largest absolute Gasteiger partial charge is 0.433 e. The van der Waals surface area contributed by atoms with Crippen molar-refractivity contribution in [3.63, 3.8) is 0 Å². The summed E-state index contributed by atoms with van der Waals surface area (Å²) in [5.41, 5.74) is -0.847. The summed E-state index contributed by atoms with van der Waals surface area (Å²) in [5, 5.41) is 5.56. The van der Waals surface area contributed by atoms with Crippen LogP contribution in [0.1, 0.15) is 29.9 Å². The SMILES string of the molecule is C[C@@H](C(=O)NC1=CNCC(c2ccc(C(F)(F)F)nc2)=N1)n1cnc2c1c(=O)n(Cc1ccccn1)c(=O)n2C. The summed E-state index contributed by atoms with van der Waals surface area (Å²) in [4.78, 5) is 55.6. The Morgan fingerprint density at radius 2 is 1.95 bits per heavy atom. The minimum absolute atomic E-state index is 0.0523. The normalized spacial score (nSPS) is 14.3. The van der Waals surface area contributed by atoms with Crippen molar-refractivity contribution in [1.29, 1.82) is 0 Å². The molecule has 0 unspecified atom stereocenters. The molecule has 12 nitrogen and oxygen atoms in total. The first-order chi connectivity index (χ1) is 19.0. The van der Waals surface area contributed by atoms with Gasteiger partial charge in [0.1, 0.15) is 17.6 Å². The molecule has 40 heavy (non-hydrogen) atoms. The number of alkyl halides is 3. The van der Waals surface area contributed by atoms with Gasteiger partial charge in [0.15, 0.2) is 11.2 Å². The van der Waals surface area contributed by atoms with Gasteiger partial charge in [0.05, 0.1) is 30.8 Å². The van der Waals surface area contributed by atoms with E-state index >= 15 is 0 Å². The molecule has 0 aromatic carbocycles. The average Bonchev–Trinajstić information content (AvgIpc) is 3.39. The number of hydrogen-bond donors (Lipinski definition) is 2. The lowest BCUT2D eigenvalue weighted by molar-refractivity contribution is -0.141. The number of pyridine rings is 2. The molecule has 0 fully saturated rings. The summed E-state index contributed by atoms with van der Waals surface area (Å²) in [6.07, 6.45) is 0.801. The van der Waals surface area contributed by atoms with Gasteiger partial charge in [-0.05, 0) is 31.2 Å². The molecule has 2 N–H and O–H groups in total. The molecule has 4 aromatic rings. The van der Waals surface area contributed by atoms with Gasteiger partial charge in [0, 0.05) is 31.2 Å². The van der Waals surface area contributed by atoms with E-state index in [2.05, 4.69) is 30.6 Å². The van der Waals surface area contributed by atoms with E-state index in [9.17, 15) is 27.6 Å². The fourth-order valence-corrected chi connectivity index (χ4v) is 4.16. The molecule has 4 aromatic heterocycles. The number of aryl methyl sites for hydroxylation is 1. The van der Waals surface area contributed by atoms with E-state index in [4.69, 9.17) is 0 Å². The fraction of sp³-hybridized carbons (Fsp3) is 0.240. The zero-order chi connectivity index (χ0) is 28.6. The first-order valence-corrected chi connectivity index (χ1v) is 12.0. The van der Waals surface area contributed by atoms with Crippen LogP contribution in [0.4, 0.5) is 13.2 Å². The summed E-state index contributed by atoms with van der Waals surface area (Å²) >= 11 is 0. The molecule has 5 rings (SSSR count). The third kappa shape index (κ3) is 5.00. The van der Waals surface area contributed by atoms with Crippen molar-refractivity contribution in [3.8, 4) is 0 Å². The van der Waals surface area contributed by atoms with Crippen molar-refractivity contribution in [1.82, 2.24) is 39.3 Å². The number of aliphatic imine (C=N–C) groups is 1. The number of rotatable bonds is 6. The van der Waals surface area contributed by atoms with Crippen LogP contribution >= 0.6 is 0 Å². The van der Waals surface area contributed by atoms with Gasteiger partial charge in [-0.15, -0.1) is 0 Å². The van der Waals surface area contributed by atoms with Gasteiger partial charge in [-0.3, -0.25) is 28.7 Å². The smallest absolute Gasteiger partial charge is 0.382 e. The number of halogens is 3. The van der Waals surface area contributed by atoms with Crippen LogP contribution in [-0.2, 0) is 24.6 Å². The van der Waals surface area contributed by atoms with E-state index in [0.29, 0.717) is 17.0 Å². The highest BCUT2D eigenvalue weighted by Gasteiger charge is 2.32. The van der Waals surface area contributed by atoms with Gasteiger partial charge in [-0.25, -0.2) is 14.8 Å². The number of aromatic nitrogens is 6. The summed E-state index contributed by atoms with van der Waals surface area (Å²) in [7, 11) is 1.48. The average molecular weight is 554 g/mol. The Morgan fingerprint density at radius 3 is 2.62 bits per heavy atom. The minimum Gasteiger partial charge on any atom is -0.382 e. The van der Waals surface area contributed by atoms with Crippen molar-refractivity contribution < 1.29 is 18.0 Å². The lowest BCUT2D eigenvalue weighted by atomic mass is 10.1. The minimum atomic E-state index is -4.56. The van der Waals surface area contributed by atoms with Crippen molar-refractivity contribution in [2.45, 2.75) is 25.7 Å². The van der Waals surface area contributed by atoms with E-state index in [1.165, 1.54) is 34.8 Å². The Kier molecular flexibility index (Phi) is 6.79. The molecule has 0 radical (unpaired) electrons. The van der Waals surface area contributed by atoms with Crippen molar-refractivity contribution in [2.24, 2.45) is 12.0 Å². The van der Waals surface area contributed by atoms with Crippen molar-refractivity contribution in [3.05, 3.63) is 98.9 Å². The van der Waals surface area contributed by atoms with Crippen molar-refractivity contribution >= 4 is 22.8 Å². The number of imidazole rings is 1. The molecule has 5 heterocycles. The Labute approximate surface area is 223 Å². The topological polar surface area (TPSA) is 141 Å². The van der Waals surface area contributed by atoms with E-state index < -0.39 is 35.1 Å². The van der Waals surface area contributed by atoms with E-state index in [0.717, 1.165) is 16.8 Å². The van der Waals surface area contributed by atoms with Crippen LogP contribution in [0.15, 0.2) is 75.7 Å². The predicted molar refractivity (Wildman–Crippen MR) is 137 cm³/mol. The third-order valence-electron chi connectivity index (χ3n) is 6.30. The molecule has 1 atom stereocenters. The van der Waals surface area contributed by atoms with Gasteiger partial charge in [0.25, 0.3) is 5.56 Å². The van der Waals surface area contributed by atoms with E-state index in [-0.39, 0.29) is 30.1 Å². The number of fused-ring (bicyclic) bond motifs is 1. The number of hydrogen-bond acceptors (Lipinski definition) is 8. The highest BCUT2D eigenvalue weighted by atomic mass is 19.4. The zero-order valence-corrected chi connectivity index (χ0v) is 21.2. The Morgan fingerprint density at radius 1 is 1.15 bits per heavy atom. The second kappa shape index (κ2) is 10.2. The first-order valence-electron chi connectivity index (χ1n) is 12.0. The van der Waals surface area contributed by atoms with Gasteiger partial charge < -0.3 is 15.2 Å². The second-order valence-electron chi connectivity index (χ2n) is 8.94. The lowest BCUT2D eigenvalue weighted by Gasteiger charge is -2.18. The molecular weight excluding hydrogens is 531 g/mol. The number of nitrogens with zero attached hydrogens (tertiary/aromatic N) is 7. The van der Waals surface area contributed by atoms with Crippen LogP contribution in [0.3, 0.4) is 0 Å². The molecule has 1 aliphatic rings. The van der Waals surface area contributed by atoms with Crippen LogP contribution in [0.5, 0.6) is 0 Å². The second-order valence-corrected chi connectivity index (χ2v) is 8.94. The third-order valence-corrected chi connectivity index (χ3v) is 6.30. The number of amides is 1. The molecule has 15 heteroatoms. The molecule has 0 saturated carbocycles. The molecule has 206 valence electrons. The number of nitrogens with one attached hydrogen (secondary N) is 2. The van der Waals surface area contributed by atoms with Crippen molar-refractivity contribution in [2.75, 3.05) is 6.54 Å². The Bertz CT molecular complexity index is 1770. The maximum atomic E-state index is 13.4. The van der Waals surface area contributed by atoms with E-state index in [1.807, 2.05) is 0 Å². The highest BCUT2D eigenvalue weighted by Crippen LogP contribution is 2.27. The number of carbonyl (C=O) groups excluding carboxylic acids is 1. The fourth-order valence-electron chi connectivity index (χ4n) is 4.16. The number of carbonyl (C=O) groups is 1. The predicted octanol–water partition coefficient (Wildman–Crippen LogP) is 1.32. The van der Waals surface area contributed by atoms with Crippen LogP contribution in [-0.4, -0.2) is 46.8 Å². The molecule has 0 spiro atoms. The quantitative estimate of drug-likeness (QED) is 0.367. The van der Waals surface area contributed by atoms with Gasteiger partial charge in [-0.1, -0.05) is 6.07 Å². The first kappa shape index (κ1) is 26.5. The Hall–Kier alpha value is -5.08. The summed E-state index contributed by atoms with van der Waals surface area (Å²) in [5.74, 6) is -0.435. The summed E-state index contributed by atoms with van der Waals surface area (Å²) in [6.45, 7) is 1.69. The molecule has 1 aliphatic heterocycles. The molecule has 0 aliphatic carbocycles. The lowest BCUT2D eigenvalue weighted by Crippen LogP contribution is -2.41. The van der Waals surface area contributed by atoms with E-state index in [1.54, 1.807) is 31.3 Å². The Balaban J connectivity index is 1.41.